The number of likely N-dealkylation sites (N-methyl/N-ethyl adjacent to an activating group) is 1. The van der Waals surface area contributed by atoms with Gasteiger partial charge < -0.3 is 20.1 Å². The Morgan fingerprint density at radius 2 is 2.11 bits per heavy atom. The van der Waals surface area contributed by atoms with Crippen molar-refractivity contribution < 1.29 is 14.3 Å². The number of hydrogen-bond donors (Lipinski definition) is 1. The van der Waals surface area contributed by atoms with E-state index in [0.717, 1.165) is 25.4 Å². The quantitative estimate of drug-likeness (QED) is 0.705. The summed E-state index contributed by atoms with van der Waals surface area (Å²) in [6, 6.07) is 0. The molecule has 0 aromatic heterocycles. The number of amides is 1. The number of nitrogens with zero attached hydrogens (tertiary/aromatic N) is 1. The number of ether oxygens (including phenoxy) is 2. The maximum atomic E-state index is 12.1. The lowest BCUT2D eigenvalue weighted by molar-refractivity contribution is -0.142. The second kappa shape index (κ2) is 8.04. The van der Waals surface area contributed by atoms with Crippen LogP contribution in [0.15, 0.2) is 0 Å². The molecule has 0 spiro atoms. The first kappa shape index (κ1) is 16.7. The van der Waals surface area contributed by atoms with Gasteiger partial charge >= 0.3 is 0 Å². The Morgan fingerprint density at radius 1 is 1.37 bits per heavy atom. The van der Waals surface area contributed by atoms with Gasteiger partial charge in [-0.3, -0.25) is 4.79 Å². The fraction of sp³-hybridized carbons (Fsp3) is 0.923. The molecule has 2 N–H and O–H groups in total. The topological polar surface area (TPSA) is 64.8 Å². The van der Waals surface area contributed by atoms with Gasteiger partial charge in [-0.15, -0.1) is 12.4 Å². The Labute approximate surface area is 121 Å². The predicted octanol–water partition coefficient (Wildman–Crippen LogP) is 0.800. The Bertz CT molecular complexity index is 287. The standard InChI is InChI=1S/C13H24N2O3.ClH/c1-15(6-7-17-9-10-2-3-10)13(16)12-5-4-11(8-14)18-12;/h10-12H,2-9,14H2,1H3;1H/t11-,12+;/m1./s1. The molecule has 0 bridgehead atoms. The number of halogens is 1. The van der Waals surface area contributed by atoms with Crippen LogP contribution in [0.5, 0.6) is 0 Å². The molecule has 1 aliphatic carbocycles. The summed E-state index contributed by atoms with van der Waals surface area (Å²) in [6.07, 6.45) is 4.02. The molecule has 6 heteroatoms. The van der Waals surface area contributed by atoms with Gasteiger partial charge in [0.2, 0.25) is 0 Å². The minimum atomic E-state index is -0.299. The van der Waals surface area contributed by atoms with E-state index in [2.05, 4.69) is 0 Å². The van der Waals surface area contributed by atoms with Crippen LogP contribution in [0.25, 0.3) is 0 Å². The highest BCUT2D eigenvalue weighted by Gasteiger charge is 2.31. The van der Waals surface area contributed by atoms with Crippen LogP contribution in [0.3, 0.4) is 0 Å². The molecule has 112 valence electrons. The van der Waals surface area contributed by atoms with Crippen LogP contribution in [0.4, 0.5) is 0 Å². The Hall–Kier alpha value is -0.360. The SMILES string of the molecule is CN(CCOCC1CC1)C(=O)[C@@H]1CC[C@H](CN)O1.Cl. The first-order chi connectivity index (χ1) is 8.70. The van der Waals surface area contributed by atoms with Crippen molar-refractivity contribution in [3.05, 3.63) is 0 Å². The van der Waals surface area contributed by atoms with Crippen LogP contribution in [-0.2, 0) is 14.3 Å². The van der Waals surface area contributed by atoms with Crippen LogP contribution in [0, 0.1) is 5.92 Å². The van der Waals surface area contributed by atoms with Crippen LogP contribution in [-0.4, -0.2) is 56.4 Å². The van der Waals surface area contributed by atoms with Gasteiger partial charge in [-0.2, -0.15) is 0 Å². The maximum absolute atomic E-state index is 12.1. The van der Waals surface area contributed by atoms with E-state index in [-0.39, 0.29) is 30.5 Å². The molecule has 2 fully saturated rings. The van der Waals surface area contributed by atoms with Gasteiger partial charge in [-0.1, -0.05) is 0 Å². The summed E-state index contributed by atoms with van der Waals surface area (Å²) in [6.45, 7) is 2.60. The lowest BCUT2D eigenvalue weighted by Gasteiger charge is -2.21. The zero-order valence-corrected chi connectivity index (χ0v) is 12.4. The molecule has 0 radical (unpaired) electrons. The van der Waals surface area contributed by atoms with Gasteiger partial charge in [-0.25, -0.2) is 0 Å². The highest BCUT2D eigenvalue weighted by Crippen LogP contribution is 2.28. The van der Waals surface area contributed by atoms with Gasteiger partial charge in [0.1, 0.15) is 6.10 Å². The number of nitrogens with two attached hydrogens (primary N) is 1. The highest BCUT2D eigenvalue weighted by molar-refractivity contribution is 5.85. The predicted molar refractivity (Wildman–Crippen MR) is 75.4 cm³/mol. The summed E-state index contributed by atoms with van der Waals surface area (Å²) in [5.74, 6) is 0.829. The largest absolute Gasteiger partial charge is 0.379 e. The average molecular weight is 293 g/mol. The third-order valence-electron chi connectivity index (χ3n) is 3.64. The molecule has 1 saturated heterocycles. The fourth-order valence-electron chi connectivity index (χ4n) is 2.15. The van der Waals surface area contributed by atoms with Crippen LogP contribution in [0.1, 0.15) is 25.7 Å². The minimum Gasteiger partial charge on any atom is -0.379 e. The number of carbonyl (C=O) groups excluding carboxylic acids is 1. The third-order valence-corrected chi connectivity index (χ3v) is 3.64. The van der Waals surface area contributed by atoms with E-state index >= 15 is 0 Å². The molecule has 1 heterocycles. The summed E-state index contributed by atoms with van der Waals surface area (Å²) in [4.78, 5) is 13.8. The maximum Gasteiger partial charge on any atom is 0.251 e. The minimum absolute atomic E-state index is 0. The van der Waals surface area contributed by atoms with Gasteiger partial charge in [-0.05, 0) is 31.6 Å². The van der Waals surface area contributed by atoms with Gasteiger partial charge in [0.25, 0.3) is 5.91 Å². The Morgan fingerprint density at radius 3 is 2.68 bits per heavy atom. The van der Waals surface area contributed by atoms with Crippen molar-refractivity contribution in [3.8, 4) is 0 Å². The molecule has 0 aromatic rings. The third kappa shape index (κ3) is 5.26. The van der Waals surface area contributed by atoms with Crippen molar-refractivity contribution in [3.63, 3.8) is 0 Å². The number of rotatable bonds is 7. The van der Waals surface area contributed by atoms with E-state index in [1.165, 1.54) is 12.8 Å². The lowest BCUT2D eigenvalue weighted by Crippen LogP contribution is -2.38. The molecule has 0 aromatic carbocycles. The Kier molecular flexibility index (Phi) is 7.07. The van der Waals surface area contributed by atoms with Gasteiger partial charge in [0.15, 0.2) is 0 Å². The van der Waals surface area contributed by atoms with Crippen LogP contribution in [0.2, 0.25) is 0 Å². The summed E-state index contributed by atoms with van der Waals surface area (Å²) in [5.41, 5.74) is 5.53. The van der Waals surface area contributed by atoms with E-state index in [0.29, 0.717) is 19.7 Å². The molecular formula is C13H25ClN2O3. The molecule has 2 aliphatic rings. The molecule has 19 heavy (non-hydrogen) atoms. The van der Waals surface area contributed by atoms with Crippen LogP contribution < -0.4 is 5.73 Å². The zero-order chi connectivity index (χ0) is 13.0. The summed E-state index contributed by atoms with van der Waals surface area (Å²) in [7, 11) is 1.81. The van der Waals surface area contributed by atoms with Gasteiger partial charge in [0, 0.05) is 26.7 Å². The lowest BCUT2D eigenvalue weighted by atomic mass is 10.2. The summed E-state index contributed by atoms with van der Waals surface area (Å²) >= 11 is 0. The molecule has 1 saturated carbocycles. The summed E-state index contributed by atoms with van der Waals surface area (Å²) < 4.78 is 11.1. The van der Waals surface area contributed by atoms with Crippen LogP contribution >= 0.6 is 12.4 Å². The molecule has 2 rings (SSSR count). The monoisotopic (exact) mass is 292 g/mol. The number of hydrogen-bond acceptors (Lipinski definition) is 4. The van der Waals surface area contributed by atoms with Crippen molar-refractivity contribution in [2.75, 3.05) is 33.4 Å². The van der Waals surface area contributed by atoms with Crippen molar-refractivity contribution in [2.45, 2.75) is 37.9 Å². The zero-order valence-electron chi connectivity index (χ0n) is 11.5. The Balaban J connectivity index is 0.00000180. The first-order valence-electron chi connectivity index (χ1n) is 6.89. The fourth-order valence-corrected chi connectivity index (χ4v) is 2.15. The van der Waals surface area contributed by atoms with Crippen molar-refractivity contribution in [1.29, 1.82) is 0 Å². The van der Waals surface area contributed by atoms with E-state index in [1.807, 2.05) is 7.05 Å². The van der Waals surface area contributed by atoms with E-state index in [9.17, 15) is 4.79 Å². The first-order valence-corrected chi connectivity index (χ1v) is 6.89. The normalized spacial score (nSPS) is 26.0. The van der Waals surface area contributed by atoms with E-state index in [4.69, 9.17) is 15.2 Å². The van der Waals surface area contributed by atoms with Crippen molar-refractivity contribution in [2.24, 2.45) is 11.7 Å². The van der Waals surface area contributed by atoms with Crippen molar-refractivity contribution >= 4 is 18.3 Å². The second-order valence-corrected chi connectivity index (χ2v) is 5.34. The van der Waals surface area contributed by atoms with E-state index < -0.39 is 0 Å². The molecule has 1 aliphatic heterocycles. The van der Waals surface area contributed by atoms with Gasteiger partial charge in [0.05, 0.1) is 12.7 Å². The average Bonchev–Trinajstić information content (AvgIpc) is 3.08. The molecule has 2 atom stereocenters. The smallest absolute Gasteiger partial charge is 0.251 e. The van der Waals surface area contributed by atoms with E-state index in [1.54, 1.807) is 4.90 Å². The molecule has 1 amide bonds. The molecule has 5 nitrogen and oxygen atoms in total. The molecule has 0 unspecified atom stereocenters. The number of carbonyl (C=O) groups is 1. The summed E-state index contributed by atoms with van der Waals surface area (Å²) in [5, 5.41) is 0. The van der Waals surface area contributed by atoms with Crippen molar-refractivity contribution in [1.82, 2.24) is 4.90 Å². The highest BCUT2D eigenvalue weighted by atomic mass is 35.5. The molecular weight excluding hydrogens is 268 g/mol. The second-order valence-electron chi connectivity index (χ2n) is 5.34.